The smallest absolute Gasteiger partial charge is 0.146 e. The van der Waals surface area contributed by atoms with Crippen LogP contribution in [-0.4, -0.2) is 43.5 Å². The number of anilines is 3. The molecule has 0 radical (unpaired) electrons. The number of halogens is 3. The van der Waals surface area contributed by atoms with Crippen LogP contribution < -0.4 is 10.6 Å². The summed E-state index contributed by atoms with van der Waals surface area (Å²) in [5.74, 6) is -0.443. The van der Waals surface area contributed by atoms with Crippen molar-refractivity contribution in [2.45, 2.75) is 51.2 Å². The highest BCUT2D eigenvalue weighted by molar-refractivity contribution is 6.32. The number of nitrogens with zero attached hydrogens (tertiary/aromatic N) is 6. The molecule has 1 atom stereocenters. The lowest BCUT2D eigenvalue weighted by Crippen LogP contribution is -2.46. The van der Waals surface area contributed by atoms with E-state index in [0.717, 1.165) is 37.2 Å². The molecule has 1 fully saturated rings. The maximum Gasteiger partial charge on any atom is 0.146 e. The highest BCUT2D eigenvalue weighted by Crippen LogP contribution is 2.38. The van der Waals surface area contributed by atoms with E-state index in [-0.39, 0.29) is 22.8 Å². The van der Waals surface area contributed by atoms with Gasteiger partial charge in [-0.1, -0.05) is 52.7 Å². The summed E-state index contributed by atoms with van der Waals surface area (Å²) in [5.41, 5.74) is 3.85. The number of hydrogen-bond donors (Lipinski definition) is 2. The summed E-state index contributed by atoms with van der Waals surface area (Å²) >= 11 is 12.9. The molecule has 3 aromatic carbocycles. The molecule has 45 heavy (non-hydrogen) atoms. The van der Waals surface area contributed by atoms with Crippen LogP contribution in [0, 0.1) is 17.1 Å². The molecule has 5 aromatic rings. The Morgan fingerprint density at radius 3 is 2.42 bits per heavy atom. The molecule has 6 rings (SSSR count). The number of aromatic nitrogens is 4. The minimum atomic E-state index is -0.443. The van der Waals surface area contributed by atoms with Gasteiger partial charge >= 0.3 is 0 Å². The van der Waals surface area contributed by atoms with Crippen molar-refractivity contribution in [3.63, 3.8) is 0 Å². The van der Waals surface area contributed by atoms with Crippen molar-refractivity contribution in [2.75, 3.05) is 23.7 Å². The fraction of sp³-hybridized carbons (Fsp3) is 0.294. The van der Waals surface area contributed by atoms with E-state index in [4.69, 9.17) is 23.2 Å². The molecule has 2 aromatic heterocycles. The van der Waals surface area contributed by atoms with Crippen LogP contribution in [0.25, 0.3) is 10.9 Å². The van der Waals surface area contributed by atoms with E-state index in [9.17, 15) is 9.65 Å². The summed E-state index contributed by atoms with van der Waals surface area (Å²) in [5, 5.41) is 27.4. The van der Waals surface area contributed by atoms with Crippen LogP contribution in [0.15, 0.2) is 73.1 Å². The largest absolute Gasteiger partial charge is 0.371 e. The molecule has 0 spiro atoms. The molecule has 1 aliphatic heterocycles. The minimum Gasteiger partial charge on any atom is -0.371 e. The molecule has 3 heterocycles. The number of benzene rings is 3. The van der Waals surface area contributed by atoms with E-state index in [1.165, 1.54) is 12.3 Å². The molecule has 0 aliphatic carbocycles. The SMILES string of the molecule is CC(C)(C)N1CCC(n2cc([C@@H](Nc3cc(Cl)cc4c(Nc5ccccc5F)c(C#N)cnc34)c3ccc(Cl)cc3)nn2)CC1. The summed E-state index contributed by atoms with van der Waals surface area (Å²) < 4.78 is 16.6. The van der Waals surface area contributed by atoms with Gasteiger partial charge in [-0.25, -0.2) is 9.07 Å². The van der Waals surface area contributed by atoms with E-state index in [1.54, 1.807) is 30.3 Å². The van der Waals surface area contributed by atoms with E-state index in [2.05, 4.69) is 57.7 Å². The molecule has 0 unspecified atom stereocenters. The lowest BCUT2D eigenvalue weighted by molar-refractivity contribution is 0.0866. The van der Waals surface area contributed by atoms with Gasteiger partial charge in [0.25, 0.3) is 0 Å². The van der Waals surface area contributed by atoms with Crippen LogP contribution in [0.1, 0.15) is 62.5 Å². The Hall–Kier alpha value is -4.23. The first-order valence-corrected chi connectivity index (χ1v) is 15.6. The Kier molecular flexibility index (Phi) is 8.65. The predicted octanol–water partition coefficient (Wildman–Crippen LogP) is 8.52. The van der Waals surface area contributed by atoms with E-state index in [0.29, 0.717) is 32.3 Å². The van der Waals surface area contributed by atoms with Gasteiger partial charge in [-0.05, 0) is 75.6 Å². The van der Waals surface area contributed by atoms with Crippen molar-refractivity contribution in [3.8, 4) is 6.07 Å². The fourth-order valence-corrected chi connectivity index (χ4v) is 6.18. The normalized spacial score (nSPS) is 15.1. The second-order valence-corrected chi connectivity index (χ2v) is 13.1. The van der Waals surface area contributed by atoms with Gasteiger partial charge < -0.3 is 10.6 Å². The van der Waals surface area contributed by atoms with Gasteiger partial charge in [0.15, 0.2) is 0 Å². The van der Waals surface area contributed by atoms with Gasteiger partial charge in [0, 0.05) is 40.3 Å². The molecular weight excluding hydrogens is 610 g/mol. The number of pyridine rings is 1. The molecule has 230 valence electrons. The van der Waals surface area contributed by atoms with Crippen LogP contribution in [0.5, 0.6) is 0 Å². The second-order valence-electron chi connectivity index (χ2n) is 12.3. The summed E-state index contributed by atoms with van der Waals surface area (Å²) in [6, 6.07) is 19.3. The Morgan fingerprint density at radius 2 is 1.73 bits per heavy atom. The van der Waals surface area contributed by atoms with Gasteiger partial charge in [0.05, 0.1) is 46.4 Å². The zero-order chi connectivity index (χ0) is 31.7. The van der Waals surface area contributed by atoms with Crippen LogP contribution in [-0.2, 0) is 0 Å². The van der Waals surface area contributed by atoms with Gasteiger partial charge in [-0.15, -0.1) is 5.10 Å². The summed E-state index contributed by atoms with van der Waals surface area (Å²) in [7, 11) is 0. The van der Waals surface area contributed by atoms with E-state index in [1.807, 2.05) is 35.1 Å². The monoisotopic (exact) mass is 642 g/mol. The third-order valence-corrected chi connectivity index (χ3v) is 8.77. The quantitative estimate of drug-likeness (QED) is 0.184. The molecular formula is C34H33Cl2FN8. The maximum atomic E-state index is 14.6. The van der Waals surface area contributed by atoms with Gasteiger partial charge in [0.1, 0.15) is 17.6 Å². The summed E-state index contributed by atoms with van der Waals surface area (Å²) in [6.45, 7) is 8.74. The number of nitrogens with one attached hydrogen (secondary N) is 2. The number of rotatable bonds is 7. The highest BCUT2D eigenvalue weighted by Gasteiger charge is 2.29. The molecule has 11 heteroatoms. The Balaban J connectivity index is 1.38. The second kappa shape index (κ2) is 12.6. The third kappa shape index (κ3) is 6.59. The van der Waals surface area contributed by atoms with Crippen molar-refractivity contribution >= 4 is 51.2 Å². The van der Waals surface area contributed by atoms with Crippen molar-refractivity contribution in [1.29, 1.82) is 5.26 Å². The van der Waals surface area contributed by atoms with Crippen molar-refractivity contribution < 1.29 is 4.39 Å². The average molecular weight is 644 g/mol. The first kappa shape index (κ1) is 30.8. The summed E-state index contributed by atoms with van der Waals surface area (Å²) in [4.78, 5) is 7.14. The Labute approximate surface area is 271 Å². The maximum absolute atomic E-state index is 14.6. The Bertz CT molecular complexity index is 1870. The standard InChI is InChI=1S/C34H33Cl2FN8/c1-34(2,3)44-14-12-25(13-15-44)45-20-30(42-43-45)32(21-8-10-23(35)11-9-21)41-29-17-24(36)16-26-31(22(18-38)19-39-33(26)29)40-28-7-5-4-6-27(28)37/h4-11,16-17,19-20,25,32,41H,12-15H2,1-3H3,(H,39,40)/t32-/m0/s1. The highest BCUT2D eigenvalue weighted by atomic mass is 35.5. The first-order valence-electron chi connectivity index (χ1n) is 14.8. The number of para-hydroxylation sites is 1. The van der Waals surface area contributed by atoms with Crippen molar-refractivity contribution in [2.24, 2.45) is 0 Å². The van der Waals surface area contributed by atoms with Crippen molar-refractivity contribution in [1.82, 2.24) is 24.9 Å². The third-order valence-electron chi connectivity index (χ3n) is 8.30. The Morgan fingerprint density at radius 1 is 1.00 bits per heavy atom. The van der Waals surface area contributed by atoms with Gasteiger partial charge in [-0.3, -0.25) is 9.88 Å². The van der Waals surface area contributed by atoms with Crippen LogP contribution in [0.4, 0.5) is 21.5 Å². The molecule has 1 saturated heterocycles. The fourth-order valence-electron chi connectivity index (χ4n) is 5.84. The van der Waals surface area contributed by atoms with Crippen LogP contribution in [0.3, 0.4) is 0 Å². The number of hydrogen-bond acceptors (Lipinski definition) is 7. The lowest BCUT2D eigenvalue weighted by atomic mass is 9.98. The topological polar surface area (TPSA) is 94.7 Å². The van der Waals surface area contributed by atoms with Crippen LogP contribution in [0.2, 0.25) is 10.0 Å². The molecule has 8 nitrogen and oxygen atoms in total. The average Bonchev–Trinajstić information content (AvgIpc) is 3.51. The van der Waals surface area contributed by atoms with Crippen LogP contribution >= 0.6 is 23.2 Å². The predicted molar refractivity (Wildman–Crippen MR) is 178 cm³/mol. The van der Waals surface area contributed by atoms with Crippen molar-refractivity contribution in [3.05, 3.63) is 106 Å². The van der Waals surface area contributed by atoms with Gasteiger partial charge in [-0.2, -0.15) is 5.26 Å². The molecule has 0 amide bonds. The number of piperidine rings is 1. The number of likely N-dealkylation sites (tertiary alicyclic amines) is 1. The molecule has 0 saturated carbocycles. The van der Waals surface area contributed by atoms with Gasteiger partial charge in [0.2, 0.25) is 0 Å². The zero-order valence-electron chi connectivity index (χ0n) is 25.2. The van der Waals surface area contributed by atoms with E-state index < -0.39 is 11.9 Å². The van der Waals surface area contributed by atoms with E-state index >= 15 is 0 Å². The first-order chi connectivity index (χ1) is 21.6. The molecule has 2 N–H and O–H groups in total. The number of nitriles is 1. The minimum absolute atomic E-state index is 0.133. The lowest BCUT2D eigenvalue weighted by Gasteiger charge is -2.40. The molecule has 1 aliphatic rings. The summed E-state index contributed by atoms with van der Waals surface area (Å²) in [6.07, 6.45) is 5.45. The molecule has 0 bridgehead atoms. The number of fused-ring (bicyclic) bond motifs is 1. The zero-order valence-corrected chi connectivity index (χ0v) is 26.7.